The number of tetrazole rings is 1. The molecule has 1 fully saturated rings. The normalized spacial score (nSPS) is 15.6. The number of nitrogens with one attached hydrogen (secondary N) is 2. The number of rotatable bonds is 4. The van der Waals surface area contributed by atoms with Crippen molar-refractivity contribution in [2.24, 2.45) is 5.92 Å². The van der Waals surface area contributed by atoms with Crippen LogP contribution in [-0.4, -0.2) is 32.0 Å². The Kier molecular flexibility index (Phi) is 5.43. The lowest BCUT2D eigenvalue weighted by Gasteiger charge is -2.13. The van der Waals surface area contributed by atoms with Crippen molar-refractivity contribution in [2.45, 2.75) is 38.2 Å². The molecule has 14 heteroatoms. The number of aromatic nitrogens is 4. The average Bonchev–Trinajstić information content (AvgIpc) is 3.40. The Morgan fingerprint density at radius 1 is 1.03 bits per heavy atom. The third-order valence-corrected chi connectivity index (χ3v) is 4.26. The van der Waals surface area contributed by atoms with E-state index in [1.54, 1.807) is 0 Å². The molecule has 1 atom stereocenters. The monoisotopic (exact) mass is 436 g/mol. The Bertz CT molecular complexity index is 934. The summed E-state index contributed by atoms with van der Waals surface area (Å²) in [6.45, 7) is 1.30. The van der Waals surface area contributed by atoms with Gasteiger partial charge in [0, 0.05) is 11.5 Å². The fourth-order valence-corrected chi connectivity index (χ4v) is 2.37. The summed E-state index contributed by atoms with van der Waals surface area (Å²) >= 11 is 0. The lowest BCUT2D eigenvalue weighted by molar-refractivity contribution is -0.143. The van der Waals surface area contributed by atoms with Crippen molar-refractivity contribution in [1.82, 2.24) is 31.1 Å². The second kappa shape index (κ2) is 7.57. The van der Waals surface area contributed by atoms with E-state index in [-0.39, 0.29) is 17.9 Å². The van der Waals surface area contributed by atoms with Gasteiger partial charge in [-0.15, -0.1) is 10.2 Å². The standard InChI is InChI=1S/C16H14F6N6O2/c1-7(13(29)24-25-14(30)8-2-3-8)28-26-12(23-27-28)9-4-10(15(17,18)19)6-11(5-9)16(20,21)22/h4-8H,2-3H2,1H3,(H,24,29)(H,25,30)/t7-/m1/s1. The third kappa shape index (κ3) is 4.86. The minimum atomic E-state index is -5.03. The summed E-state index contributed by atoms with van der Waals surface area (Å²) in [5, 5.41) is 10.7. The van der Waals surface area contributed by atoms with Gasteiger partial charge in [-0.2, -0.15) is 31.1 Å². The number of carbonyl (C=O) groups excluding carboxylic acids is 2. The van der Waals surface area contributed by atoms with Crippen LogP contribution in [0.25, 0.3) is 11.4 Å². The lowest BCUT2D eigenvalue weighted by Crippen LogP contribution is -2.45. The molecule has 1 aliphatic carbocycles. The topological polar surface area (TPSA) is 102 Å². The Morgan fingerprint density at radius 3 is 2.10 bits per heavy atom. The molecular weight excluding hydrogens is 422 g/mol. The minimum Gasteiger partial charge on any atom is -0.273 e. The summed E-state index contributed by atoms with van der Waals surface area (Å²) in [5.41, 5.74) is 0.716. The number of halogens is 6. The zero-order valence-electron chi connectivity index (χ0n) is 15.2. The summed E-state index contributed by atoms with van der Waals surface area (Å²) < 4.78 is 77.9. The van der Waals surface area contributed by atoms with Crippen molar-refractivity contribution in [2.75, 3.05) is 0 Å². The van der Waals surface area contributed by atoms with E-state index in [0.29, 0.717) is 29.8 Å². The molecule has 1 aromatic carbocycles. The molecule has 1 aromatic heterocycles. The highest BCUT2D eigenvalue weighted by atomic mass is 19.4. The minimum absolute atomic E-state index is 0.0213. The number of alkyl halides is 6. The van der Waals surface area contributed by atoms with Crippen LogP contribution >= 0.6 is 0 Å². The molecular formula is C16H14F6N6O2. The van der Waals surface area contributed by atoms with Crippen molar-refractivity contribution < 1.29 is 35.9 Å². The molecule has 0 saturated heterocycles. The van der Waals surface area contributed by atoms with Gasteiger partial charge in [0.25, 0.3) is 5.91 Å². The van der Waals surface area contributed by atoms with Gasteiger partial charge in [-0.25, -0.2) is 0 Å². The summed E-state index contributed by atoms with van der Waals surface area (Å²) in [4.78, 5) is 24.3. The number of nitrogens with zero attached hydrogens (tertiary/aromatic N) is 4. The van der Waals surface area contributed by atoms with Crippen molar-refractivity contribution in [3.05, 3.63) is 29.3 Å². The highest BCUT2D eigenvalue weighted by molar-refractivity contribution is 5.85. The summed E-state index contributed by atoms with van der Waals surface area (Å²) in [7, 11) is 0. The van der Waals surface area contributed by atoms with Gasteiger partial charge in [0.05, 0.1) is 11.1 Å². The van der Waals surface area contributed by atoms with Crippen molar-refractivity contribution in [1.29, 1.82) is 0 Å². The predicted molar refractivity (Wildman–Crippen MR) is 87.0 cm³/mol. The number of hydrogen-bond acceptors (Lipinski definition) is 5. The second-order valence-electron chi connectivity index (χ2n) is 6.66. The van der Waals surface area contributed by atoms with E-state index in [4.69, 9.17) is 0 Å². The maximum absolute atomic E-state index is 13.0. The maximum Gasteiger partial charge on any atom is 0.416 e. The molecule has 1 aliphatic rings. The molecule has 3 rings (SSSR count). The fraction of sp³-hybridized carbons (Fsp3) is 0.438. The quantitative estimate of drug-likeness (QED) is 0.567. The van der Waals surface area contributed by atoms with Crippen LogP contribution in [-0.2, 0) is 21.9 Å². The molecule has 8 nitrogen and oxygen atoms in total. The largest absolute Gasteiger partial charge is 0.416 e. The number of amides is 2. The molecule has 30 heavy (non-hydrogen) atoms. The Hall–Kier alpha value is -3.19. The number of hydrazine groups is 1. The SMILES string of the molecule is C[C@H](C(=O)NNC(=O)C1CC1)n1nnc(-c2cc(C(F)(F)F)cc(C(F)(F)F)c2)n1. The molecule has 2 N–H and O–H groups in total. The highest BCUT2D eigenvalue weighted by Gasteiger charge is 2.37. The van der Waals surface area contributed by atoms with E-state index in [1.807, 2.05) is 0 Å². The first-order valence-electron chi connectivity index (χ1n) is 8.55. The lowest BCUT2D eigenvalue weighted by atomic mass is 10.0. The van der Waals surface area contributed by atoms with Crippen molar-refractivity contribution in [3.8, 4) is 11.4 Å². The van der Waals surface area contributed by atoms with E-state index < -0.39 is 46.8 Å². The summed E-state index contributed by atoms with van der Waals surface area (Å²) in [6.07, 6.45) is -8.64. The Labute approximate surface area is 164 Å². The van der Waals surface area contributed by atoms with Crippen LogP contribution in [0, 0.1) is 5.92 Å². The molecule has 0 unspecified atom stereocenters. The van der Waals surface area contributed by atoms with Gasteiger partial charge in [0.15, 0.2) is 6.04 Å². The predicted octanol–water partition coefficient (Wildman–Crippen LogP) is 2.50. The summed E-state index contributed by atoms with van der Waals surface area (Å²) in [6, 6.07) is -0.264. The van der Waals surface area contributed by atoms with E-state index >= 15 is 0 Å². The molecule has 0 radical (unpaired) electrons. The van der Waals surface area contributed by atoms with Crippen LogP contribution in [0.15, 0.2) is 18.2 Å². The van der Waals surface area contributed by atoms with Gasteiger partial charge < -0.3 is 0 Å². The molecule has 2 amide bonds. The number of benzene rings is 1. The van der Waals surface area contributed by atoms with Crippen LogP contribution in [0.3, 0.4) is 0 Å². The van der Waals surface area contributed by atoms with Crippen LogP contribution < -0.4 is 10.9 Å². The summed E-state index contributed by atoms with van der Waals surface area (Å²) in [5.74, 6) is -1.83. The van der Waals surface area contributed by atoms with Crippen molar-refractivity contribution in [3.63, 3.8) is 0 Å². The van der Waals surface area contributed by atoms with Gasteiger partial charge >= 0.3 is 12.4 Å². The van der Waals surface area contributed by atoms with E-state index in [2.05, 4.69) is 26.3 Å². The Morgan fingerprint density at radius 2 is 1.60 bits per heavy atom. The van der Waals surface area contributed by atoms with Crippen LogP contribution in [0.5, 0.6) is 0 Å². The van der Waals surface area contributed by atoms with Crippen LogP contribution in [0.2, 0.25) is 0 Å². The highest BCUT2D eigenvalue weighted by Crippen LogP contribution is 2.38. The van der Waals surface area contributed by atoms with E-state index in [0.717, 1.165) is 0 Å². The first-order chi connectivity index (χ1) is 13.9. The van der Waals surface area contributed by atoms with Crippen LogP contribution in [0.4, 0.5) is 26.3 Å². The average molecular weight is 436 g/mol. The van der Waals surface area contributed by atoms with Gasteiger partial charge in [-0.05, 0) is 43.2 Å². The van der Waals surface area contributed by atoms with Gasteiger partial charge in [0.2, 0.25) is 11.7 Å². The smallest absolute Gasteiger partial charge is 0.273 e. The van der Waals surface area contributed by atoms with Crippen LogP contribution in [0.1, 0.15) is 36.9 Å². The molecule has 0 bridgehead atoms. The molecule has 0 spiro atoms. The van der Waals surface area contributed by atoms with Crippen molar-refractivity contribution >= 4 is 11.8 Å². The maximum atomic E-state index is 13.0. The van der Waals surface area contributed by atoms with E-state index in [1.165, 1.54) is 6.92 Å². The van der Waals surface area contributed by atoms with E-state index in [9.17, 15) is 35.9 Å². The second-order valence-corrected chi connectivity index (χ2v) is 6.66. The first kappa shape index (κ1) is 21.5. The zero-order valence-corrected chi connectivity index (χ0v) is 15.2. The van der Waals surface area contributed by atoms with Gasteiger partial charge in [-0.1, -0.05) is 0 Å². The molecule has 1 heterocycles. The number of carbonyl (C=O) groups is 2. The first-order valence-corrected chi connectivity index (χ1v) is 8.55. The molecule has 162 valence electrons. The third-order valence-electron chi connectivity index (χ3n) is 4.26. The zero-order chi connectivity index (χ0) is 22.3. The molecule has 1 saturated carbocycles. The number of hydrogen-bond donors (Lipinski definition) is 2. The molecule has 0 aliphatic heterocycles. The Balaban J connectivity index is 1.82. The van der Waals surface area contributed by atoms with Gasteiger partial charge in [-0.3, -0.25) is 20.4 Å². The molecule has 2 aromatic rings. The van der Waals surface area contributed by atoms with Gasteiger partial charge in [0.1, 0.15) is 0 Å². The fourth-order valence-electron chi connectivity index (χ4n) is 2.37.